The molecule has 0 aliphatic rings. The number of carbonyl (C=O) groups is 1. The number of aromatic nitrogens is 1. The van der Waals surface area contributed by atoms with Crippen LogP contribution in [0.4, 0.5) is 5.69 Å². The number of aromatic amines is 1. The molecule has 0 saturated heterocycles. The van der Waals surface area contributed by atoms with Gasteiger partial charge in [0.1, 0.15) is 0 Å². The summed E-state index contributed by atoms with van der Waals surface area (Å²) >= 11 is 0. The third-order valence-electron chi connectivity index (χ3n) is 4.03. The monoisotopic (exact) mass is 294 g/mol. The lowest BCUT2D eigenvalue weighted by Crippen LogP contribution is -1.88. The van der Waals surface area contributed by atoms with Crippen LogP contribution < -0.4 is 0 Å². The molecule has 1 aromatic heterocycles. The summed E-state index contributed by atoms with van der Waals surface area (Å²) in [5.41, 5.74) is 5.20. The van der Waals surface area contributed by atoms with Crippen molar-refractivity contribution in [3.05, 3.63) is 63.2 Å². The predicted octanol–water partition coefficient (Wildman–Crippen LogP) is 4.17. The average molecular weight is 294 g/mol. The molecule has 1 heterocycles. The number of H-pyrrole nitrogens is 1. The molecule has 22 heavy (non-hydrogen) atoms. The highest BCUT2D eigenvalue weighted by molar-refractivity contribution is 6.05. The summed E-state index contributed by atoms with van der Waals surface area (Å²) < 4.78 is 0. The molecule has 3 rings (SSSR count). The number of nitrogens with zero attached hydrogens (tertiary/aromatic N) is 1. The highest BCUT2D eigenvalue weighted by Crippen LogP contribution is 2.32. The van der Waals surface area contributed by atoms with Gasteiger partial charge in [0.05, 0.1) is 10.6 Å². The lowest BCUT2D eigenvalue weighted by molar-refractivity contribution is -0.384. The molecule has 3 aromatic rings. The molecule has 0 aliphatic carbocycles. The van der Waals surface area contributed by atoms with E-state index in [4.69, 9.17) is 0 Å². The number of aryl methyl sites for hydroxylation is 2. The Morgan fingerprint density at radius 1 is 1.09 bits per heavy atom. The van der Waals surface area contributed by atoms with Gasteiger partial charge in [-0.3, -0.25) is 14.9 Å². The van der Waals surface area contributed by atoms with Gasteiger partial charge < -0.3 is 4.98 Å². The molecule has 1 N–H and O–H groups in total. The van der Waals surface area contributed by atoms with Crippen LogP contribution in [0.2, 0.25) is 0 Å². The van der Waals surface area contributed by atoms with Crippen LogP contribution in [0.25, 0.3) is 22.2 Å². The van der Waals surface area contributed by atoms with Gasteiger partial charge in [0, 0.05) is 28.6 Å². The Hall–Kier alpha value is -2.95. The van der Waals surface area contributed by atoms with E-state index in [-0.39, 0.29) is 5.69 Å². The number of hydrogen-bond donors (Lipinski definition) is 1. The first kappa shape index (κ1) is 14.0. The quantitative estimate of drug-likeness (QED) is 0.447. The largest absolute Gasteiger partial charge is 0.354 e. The van der Waals surface area contributed by atoms with Crippen LogP contribution in [-0.4, -0.2) is 16.2 Å². The Bertz CT molecular complexity index is 892. The van der Waals surface area contributed by atoms with Crippen LogP contribution in [0, 0.1) is 24.0 Å². The third kappa shape index (κ3) is 2.07. The van der Waals surface area contributed by atoms with Gasteiger partial charge in [0.25, 0.3) is 5.69 Å². The summed E-state index contributed by atoms with van der Waals surface area (Å²) in [5, 5.41) is 11.6. The van der Waals surface area contributed by atoms with Gasteiger partial charge in [-0.1, -0.05) is 12.1 Å². The Morgan fingerprint density at radius 2 is 1.77 bits per heavy atom. The summed E-state index contributed by atoms with van der Waals surface area (Å²) in [4.78, 5) is 25.1. The molecule has 0 unspecified atom stereocenters. The topological polar surface area (TPSA) is 76.0 Å². The van der Waals surface area contributed by atoms with E-state index in [2.05, 4.69) is 4.98 Å². The molecule has 0 atom stereocenters. The molecule has 110 valence electrons. The van der Waals surface area contributed by atoms with Crippen molar-refractivity contribution in [2.24, 2.45) is 0 Å². The molecule has 5 heteroatoms. The van der Waals surface area contributed by atoms with Crippen LogP contribution in [-0.2, 0) is 0 Å². The molecular weight excluding hydrogens is 280 g/mol. The molecule has 2 aromatic carbocycles. The Morgan fingerprint density at radius 3 is 2.36 bits per heavy atom. The first-order chi connectivity index (χ1) is 10.5. The number of rotatable bonds is 3. The number of non-ortho nitro benzene ring substituents is 1. The zero-order valence-electron chi connectivity index (χ0n) is 12.2. The van der Waals surface area contributed by atoms with E-state index < -0.39 is 4.92 Å². The van der Waals surface area contributed by atoms with E-state index in [9.17, 15) is 14.9 Å². The summed E-state index contributed by atoms with van der Waals surface area (Å²) in [7, 11) is 0. The maximum atomic E-state index is 11.5. The molecular formula is C17H14N2O3. The zero-order chi connectivity index (χ0) is 15.9. The molecule has 0 radical (unpaired) electrons. The second-order valence-electron chi connectivity index (χ2n) is 5.27. The van der Waals surface area contributed by atoms with E-state index in [0.717, 1.165) is 33.9 Å². The molecule has 0 bridgehead atoms. The number of nitro groups is 1. The normalized spacial score (nSPS) is 10.8. The van der Waals surface area contributed by atoms with Crippen molar-refractivity contribution in [1.82, 2.24) is 4.98 Å². The smallest absolute Gasteiger partial charge is 0.269 e. The van der Waals surface area contributed by atoms with Crippen LogP contribution in [0.5, 0.6) is 0 Å². The van der Waals surface area contributed by atoms with Crippen LogP contribution >= 0.6 is 0 Å². The minimum absolute atomic E-state index is 0.0274. The highest BCUT2D eigenvalue weighted by Gasteiger charge is 2.15. The maximum Gasteiger partial charge on any atom is 0.269 e. The van der Waals surface area contributed by atoms with Crippen molar-refractivity contribution in [1.29, 1.82) is 0 Å². The van der Waals surface area contributed by atoms with Crippen molar-refractivity contribution in [2.75, 3.05) is 0 Å². The van der Waals surface area contributed by atoms with E-state index in [0.29, 0.717) is 11.3 Å². The fourth-order valence-electron chi connectivity index (χ4n) is 2.63. The first-order valence-corrected chi connectivity index (χ1v) is 6.85. The van der Waals surface area contributed by atoms with Crippen LogP contribution in [0.1, 0.15) is 21.5 Å². The summed E-state index contributed by atoms with van der Waals surface area (Å²) in [5.74, 6) is 0. The molecule has 0 amide bonds. The fourth-order valence-corrected chi connectivity index (χ4v) is 2.63. The number of nitrogens with one attached hydrogen (secondary N) is 1. The molecule has 0 saturated carbocycles. The van der Waals surface area contributed by atoms with E-state index >= 15 is 0 Å². The Kier molecular flexibility index (Phi) is 3.25. The number of fused-ring (bicyclic) bond motifs is 1. The van der Waals surface area contributed by atoms with Crippen molar-refractivity contribution in [3.63, 3.8) is 0 Å². The van der Waals surface area contributed by atoms with Gasteiger partial charge in [-0.05, 0) is 42.7 Å². The first-order valence-electron chi connectivity index (χ1n) is 6.85. The third-order valence-corrected chi connectivity index (χ3v) is 4.03. The van der Waals surface area contributed by atoms with Gasteiger partial charge in [-0.2, -0.15) is 0 Å². The van der Waals surface area contributed by atoms with Gasteiger partial charge in [-0.15, -0.1) is 0 Å². The Balaban J connectivity index is 2.24. The second-order valence-corrected chi connectivity index (χ2v) is 5.27. The van der Waals surface area contributed by atoms with Crippen LogP contribution in [0.15, 0.2) is 36.4 Å². The second kappa shape index (κ2) is 5.11. The van der Waals surface area contributed by atoms with Crippen molar-refractivity contribution < 1.29 is 9.72 Å². The Labute approximate surface area is 126 Å². The predicted molar refractivity (Wildman–Crippen MR) is 85.3 cm³/mol. The number of benzene rings is 2. The molecule has 5 nitrogen and oxygen atoms in total. The SMILES string of the molecule is Cc1ccc2c(C=O)c(-c3ccc([N+](=O)[O-])cc3)[nH]c2c1C. The van der Waals surface area contributed by atoms with Crippen molar-refractivity contribution in [2.45, 2.75) is 13.8 Å². The standard InChI is InChI=1S/C17H14N2O3/c1-10-3-8-14-15(9-20)17(18-16(14)11(10)2)12-4-6-13(7-5-12)19(21)22/h3-9,18H,1-2H3. The summed E-state index contributed by atoms with van der Waals surface area (Å²) in [6, 6.07) is 10.1. The van der Waals surface area contributed by atoms with Gasteiger partial charge in [0.15, 0.2) is 6.29 Å². The number of nitro benzene ring substituents is 1. The van der Waals surface area contributed by atoms with E-state index in [1.165, 1.54) is 12.1 Å². The number of aldehydes is 1. The lowest BCUT2D eigenvalue weighted by Gasteiger charge is -2.00. The molecule has 0 spiro atoms. The van der Waals surface area contributed by atoms with Crippen molar-refractivity contribution >= 4 is 22.9 Å². The average Bonchev–Trinajstić information content (AvgIpc) is 2.90. The zero-order valence-corrected chi connectivity index (χ0v) is 12.2. The maximum absolute atomic E-state index is 11.5. The van der Waals surface area contributed by atoms with E-state index in [1.54, 1.807) is 12.1 Å². The van der Waals surface area contributed by atoms with Crippen LogP contribution in [0.3, 0.4) is 0 Å². The number of hydrogen-bond acceptors (Lipinski definition) is 3. The van der Waals surface area contributed by atoms with Gasteiger partial charge in [0.2, 0.25) is 0 Å². The molecule has 0 fully saturated rings. The van der Waals surface area contributed by atoms with Crippen molar-refractivity contribution in [3.8, 4) is 11.3 Å². The highest BCUT2D eigenvalue weighted by atomic mass is 16.6. The lowest BCUT2D eigenvalue weighted by atomic mass is 10.0. The minimum atomic E-state index is -0.441. The summed E-state index contributed by atoms with van der Waals surface area (Å²) in [6.07, 6.45) is 0.824. The van der Waals surface area contributed by atoms with Gasteiger partial charge >= 0.3 is 0 Å². The summed E-state index contributed by atoms with van der Waals surface area (Å²) in [6.45, 7) is 4.02. The molecule has 0 aliphatic heterocycles. The van der Waals surface area contributed by atoms with Gasteiger partial charge in [-0.25, -0.2) is 0 Å². The van der Waals surface area contributed by atoms with E-state index in [1.807, 2.05) is 26.0 Å². The minimum Gasteiger partial charge on any atom is -0.354 e. The fraction of sp³-hybridized carbons (Fsp3) is 0.118. The number of carbonyl (C=O) groups excluding carboxylic acids is 1.